The molecule has 2 aromatic rings. The van der Waals surface area contributed by atoms with Crippen molar-refractivity contribution >= 4 is 43.3 Å². The Kier molecular flexibility index (Phi) is 2.16. The van der Waals surface area contributed by atoms with E-state index in [-0.39, 0.29) is 10.4 Å². The molecule has 72 valence electrons. The van der Waals surface area contributed by atoms with Gasteiger partial charge in [0.05, 0.1) is 9.86 Å². The Morgan fingerprint density at radius 2 is 2.29 bits per heavy atom. The van der Waals surface area contributed by atoms with E-state index in [2.05, 4.69) is 20.9 Å². The van der Waals surface area contributed by atoms with Crippen LogP contribution < -0.4 is 5.56 Å². The van der Waals surface area contributed by atoms with Crippen LogP contribution in [0.15, 0.2) is 21.5 Å². The maximum Gasteiger partial charge on any atom is 0.347 e. The zero-order valence-corrected chi connectivity index (χ0v) is 9.11. The molecule has 0 saturated heterocycles. The lowest BCUT2D eigenvalue weighted by molar-refractivity contribution is 0.0701. The van der Waals surface area contributed by atoms with Crippen LogP contribution in [0.25, 0.3) is 10.1 Å². The van der Waals surface area contributed by atoms with Gasteiger partial charge in [-0.15, -0.1) is 11.3 Å². The Morgan fingerprint density at radius 1 is 1.57 bits per heavy atom. The van der Waals surface area contributed by atoms with Crippen molar-refractivity contribution in [1.82, 2.24) is 4.98 Å². The van der Waals surface area contributed by atoms with Crippen LogP contribution in [0.1, 0.15) is 9.67 Å². The van der Waals surface area contributed by atoms with Gasteiger partial charge in [0.2, 0.25) is 0 Å². The second-order valence-corrected chi connectivity index (χ2v) is 4.44. The highest BCUT2D eigenvalue weighted by atomic mass is 79.9. The molecule has 0 aliphatic rings. The van der Waals surface area contributed by atoms with E-state index < -0.39 is 5.97 Å². The molecule has 0 bridgehead atoms. The molecule has 0 amide bonds. The summed E-state index contributed by atoms with van der Waals surface area (Å²) in [6, 6.07) is 1.68. The zero-order chi connectivity index (χ0) is 10.3. The summed E-state index contributed by atoms with van der Waals surface area (Å²) in [5.74, 6) is -1.03. The molecule has 2 rings (SSSR count). The first kappa shape index (κ1) is 9.42. The highest BCUT2D eigenvalue weighted by Crippen LogP contribution is 2.32. The topological polar surface area (TPSA) is 70.2 Å². The van der Waals surface area contributed by atoms with Gasteiger partial charge in [0.1, 0.15) is 4.88 Å². The smallest absolute Gasteiger partial charge is 0.347 e. The van der Waals surface area contributed by atoms with Gasteiger partial charge in [-0.1, -0.05) is 0 Å². The van der Waals surface area contributed by atoms with Crippen molar-refractivity contribution in [3.05, 3.63) is 32.0 Å². The number of nitrogens with one attached hydrogen (secondary N) is 1. The summed E-state index contributed by atoms with van der Waals surface area (Å²) >= 11 is 4.19. The van der Waals surface area contributed by atoms with Crippen LogP contribution in [0.5, 0.6) is 0 Å². The number of rotatable bonds is 1. The zero-order valence-electron chi connectivity index (χ0n) is 6.70. The third-order valence-corrected chi connectivity index (χ3v) is 3.95. The maximum atomic E-state index is 11.4. The van der Waals surface area contributed by atoms with Gasteiger partial charge in [-0.2, -0.15) is 0 Å². The van der Waals surface area contributed by atoms with Gasteiger partial charge in [0.15, 0.2) is 0 Å². The summed E-state index contributed by atoms with van der Waals surface area (Å²) < 4.78 is 1.02. The molecule has 0 radical (unpaired) electrons. The molecule has 0 atom stereocenters. The lowest BCUT2D eigenvalue weighted by atomic mass is 10.3. The molecule has 2 heterocycles. The number of carboxylic acids is 1. The summed E-state index contributed by atoms with van der Waals surface area (Å²) in [4.78, 5) is 24.8. The second kappa shape index (κ2) is 3.21. The van der Waals surface area contributed by atoms with E-state index in [1.807, 2.05) is 0 Å². The highest BCUT2D eigenvalue weighted by molar-refractivity contribution is 9.10. The minimum Gasteiger partial charge on any atom is -0.477 e. The molecule has 14 heavy (non-hydrogen) atoms. The van der Waals surface area contributed by atoms with Gasteiger partial charge in [-0.3, -0.25) is 4.79 Å². The van der Waals surface area contributed by atoms with Crippen LogP contribution in [0.2, 0.25) is 0 Å². The Labute approximate surface area is 90.3 Å². The van der Waals surface area contributed by atoms with Crippen molar-refractivity contribution in [2.24, 2.45) is 0 Å². The standard InChI is InChI=1S/C8H4BrNO3S/c9-5-4-3(1-2-10-7(4)11)14-6(5)8(12)13/h1-2H,(H,10,11)(H,12,13). The van der Waals surface area contributed by atoms with E-state index in [1.165, 1.54) is 6.20 Å². The quantitative estimate of drug-likeness (QED) is 0.836. The molecule has 0 spiro atoms. The SMILES string of the molecule is O=C(O)c1sc2cc[nH]c(=O)c2c1Br. The number of hydrogen-bond acceptors (Lipinski definition) is 3. The van der Waals surface area contributed by atoms with Gasteiger partial charge in [0.25, 0.3) is 5.56 Å². The Bertz CT molecular complexity index is 571. The average molecular weight is 274 g/mol. The van der Waals surface area contributed by atoms with Crippen molar-refractivity contribution in [3.8, 4) is 0 Å². The number of fused-ring (bicyclic) bond motifs is 1. The molecule has 0 aliphatic carbocycles. The van der Waals surface area contributed by atoms with Crippen molar-refractivity contribution < 1.29 is 9.90 Å². The number of carbonyl (C=O) groups is 1. The van der Waals surface area contributed by atoms with Gasteiger partial charge >= 0.3 is 5.97 Å². The minimum absolute atomic E-state index is 0.150. The number of pyridine rings is 1. The molecule has 6 heteroatoms. The maximum absolute atomic E-state index is 11.4. The number of thiophene rings is 1. The number of halogens is 1. The molecule has 2 N–H and O–H groups in total. The normalized spacial score (nSPS) is 10.6. The van der Waals surface area contributed by atoms with E-state index in [1.54, 1.807) is 6.07 Å². The third kappa shape index (κ3) is 1.27. The monoisotopic (exact) mass is 273 g/mol. The van der Waals surface area contributed by atoms with Crippen molar-refractivity contribution in [3.63, 3.8) is 0 Å². The second-order valence-electron chi connectivity index (χ2n) is 2.60. The fraction of sp³-hybridized carbons (Fsp3) is 0. The Morgan fingerprint density at radius 3 is 2.86 bits per heavy atom. The summed E-state index contributed by atoms with van der Waals surface area (Å²) in [7, 11) is 0. The van der Waals surface area contributed by atoms with E-state index in [0.717, 1.165) is 11.3 Å². The van der Waals surface area contributed by atoms with E-state index in [9.17, 15) is 9.59 Å². The molecule has 4 nitrogen and oxygen atoms in total. The molecule has 0 saturated carbocycles. The molecular weight excluding hydrogens is 270 g/mol. The summed E-state index contributed by atoms with van der Waals surface area (Å²) in [5, 5.41) is 9.22. The van der Waals surface area contributed by atoms with Crippen LogP contribution in [-0.2, 0) is 0 Å². The van der Waals surface area contributed by atoms with Crippen molar-refractivity contribution in [2.75, 3.05) is 0 Å². The number of carboxylic acid groups (broad SMARTS) is 1. The fourth-order valence-corrected chi connectivity index (χ4v) is 3.03. The van der Waals surface area contributed by atoms with Gasteiger partial charge in [0, 0.05) is 10.9 Å². The van der Waals surface area contributed by atoms with Gasteiger partial charge in [-0.05, 0) is 22.0 Å². The molecule has 0 aliphatic heterocycles. The highest BCUT2D eigenvalue weighted by Gasteiger charge is 2.17. The lowest BCUT2D eigenvalue weighted by Crippen LogP contribution is -2.03. The van der Waals surface area contributed by atoms with E-state index >= 15 is 0 Å². The first-order chi connectivity index (χ1) is 6.61. The first-order valence-corrected chi connectivity index (χ1v) is 5.25. The van der Waals surface area contributed by atoms with Gasteiger partial charge < -0.3 is 10.1 Å². The largest absolute Gasteiger partial charge is 0.477 e. The fourth-order valence-electron chi connectivity index (χ4n) is 1.16. The summed E-state index contributed by atoms with van der Waals surface area (Å²) in [6.07, 6.45) is 1.50. The van der Waals surface area contributed by atoms with Crippen molar-refractivity contribution in [1.29, 1.82) is 0 Å². The molecule has 0 aromatic carbocycles. The number of aromatic amines is 1. The van der Waals surface area contributed by atoms with Crippen LogP contribution in [0.3, 0.4) is 0 Å². The van der Waals surface area contributed by atoms with Gasteiger partial charge in [-0.25, -0.2) is 4.79 Å². The third-order valence-electron chi connectivity index (χ3n) is 1.75. The predicted molar refractivity (Wildman–Crippen MR) is 57.1 cm³/mol. The molecular formula is C8H4BrNO3S. The average Bonchev–Trinajstić information content (AvgIpc) is 2.45. The number of aromatic carboxylic acids is 1. The predicted octanol–water partition coefficient (Wildman–Crippen LogP) is 2.05. The van der Waals surface area contributed by atoms with Crippen LogP contribution in [-0.4, -0.2) is 16.1 Å². The van der Waals surface area contributed by atoms with Crippen molar-refractivity contribution in [2.45, 2.75) is 0 Å². The number of aromatic nitrogens is 1. The van der Waals surface area contributed by atoms with E-state index in [4.69, 9.17) is 5.11 Å². The van der Waals surface area contributed by atoms with E-state index in [0.29, 0.717) is 14.6 Å². The summed E-state index contributed by atoms with van der Waals surface area (Å²) in [6.45, 7) is 0. The number of H-pyrrole nitrogens is 1. The Hall–Kier alpha value is -1.14. The van der Waals surface area contributed by atoms with Crippen LogP contribution in [0, 0.1) is 0 Å². The minimum atomic E-state index is -1.03. The van der Waals surface area contributed by atoms with Crippen LogP contribution in [0.4, 0.5) is 0 Å². The Balaban J connectivity index is 2.94. The molecule has 2 aromatic heterocycles. The number of hydrogen-bond donors (Lipinski definition) is 2. The lowest BCUT2D eigenvalue weighted by Gasteiger charge is -1.88. The molecule has 0 unspecified atom stereocenters. The molecule has 0 fully saturated rings. The summed E-state index contributed by atoms with van der Waals surface area (Å²) in [5.41, 5.74) is -0.280. The van der Waals surface area contributed by atoms with Crippen LogP contribution >= 0.6 is 27.3 Å². The first-order valence-electron chi connectivity index (χ1n) is 3.64.